The maximum absolute atomic E-state index is 10.2. The van der Waals surface area contributed by atoms with Crippen LogP contribution in [0.2, 0.25) is 0 Å². The number of hydrogen-bond acceptors (Lipinski definition) is 3. The maximum Gasteiger partial charge on any atom is 0.0695 e. The van der Waals surface area contributed by atoms with Crippen LogP contribution in [0.1, 0.15) is 32.6 Å². The first-order valence-electron chi connectivity index (χ1n) is 6.92. The summed E-state index contributed by atoms with van der Waals surface area (Å²) in [5.41, 5.74) is 0. The zero-order chi connectivity index (χ0) is 11.1. The fraction of sp³-hybridized carbons (Fsp3) is 1.00. The van der Waals surface area contributed by atoms with Crippen molar-refractivity contribution in [2.24, 2.45) is 11.8 Å². The first-order chi connectivity index (χ1) is 7.77. The minimum atomic E-state index is -0.0667. The van der Waals surface area contributed by atoms with Gasteiger partial charge in [0.05, 0.1) is 6.10 Å². The first kappa shape index (κ1) is 11.0. The van der Waals surface area contributed by atoms with Crippen LogP contribution < -0.4 is 5.32 Å². The zero-order valence-corrected chi connectivity index (χ0v) is 10.2. The fourth-order valence-electron chi connectivity index (χ4n) is 4.12. The van der Waals surface area contributed by atoms with E-state index >= 15 is 0 Å². The van der Waals surface area contributed by atoms with E-state index < -0.39 is 0 Å². The summed E-state index contributed by atoms with van der Waals surface area (Å²) in [5, 5.41) is 13.7. The van der Waals surface area contributed by atoms with Crippen LogP contribution in [-0.4, -0.2) is 47.8 Å². The molecule has 0 aromatic heterocycles. The van der Waals surface area contributed by atoms with Gasteiger partial charge in [0, 0.05) is 18.6 Å². The van der Waals surface area contributed by atoms with E-state index in [0.29, 0.717) is 12.1 Å². The molecule has 92 valence electrons. The van der Waals surface area contributed by atoms with Crippen molar-refractivity contribution in [3.05, 3.63) is 0 Å². The predicted octanol–water partition coefficient (Wildman–Crippen LogP) is 0.830. The average Bonchev–Trinajstić information content (AvgIpc) is 2.83. The molecule has 0 amide bonds. The third kappa shape index (κ3) is 1.69. The lowest BCUT2D eigenvalue weighted by molar-refractivity contribution is 0.0116. The SMILES string of the molecule is CC1C2CNCC2CN1C1CCCCC1O. The summed E-state index contributed by atoms with van der Waals surface area (Å²) >= 11 is 0. The van der Waals surface area contributed by atoms with Gasteiger partial charge in [0.25, 0.3) is 0 Å². The smallest absolute Gasteiger partial charge is 0.0695 e. The van der Waals surface area contributed by atoms with Gasteiger partial charge < -0.3 is 10.4 Å². The van der Waals surface area contributed by atoms with Crippen LogP contribution in [0.15, 0.2) is 0 Å². The van der Waals surface area contributed by atoms with Crippen LogP contribution >= 0.6 is 0 Å². The van der Waals surface area contributed by atoms with Crippen molar-refractivity contribution in [2.45, 2.75) is 50.8 Å². The summed E-state index contributed by atoms with van der Waals surface area (Å²) in [4.78, 5) is 2.61. The Kier molecular flexibility index (Phi) is 2.94. The summed E-state index contributed by atoms with van der Waals surface area (Å²) in [6.07, 6.45) is 4.68. The molecule has 2 saturated heterocycles. The third-order valence-corrected chi connectivity index (χ3v) is 5.10. The molecule has 5 unspecified atom stereocenters. The summed E-state index contributed by atoms with van der Waals surface area (Å²) in [7, 11) is 0. The van der Waals surface area contributed by atoms with Crippen LogP contribution in [0.25, 0.3) is 0 Å². The minimum absolute atomic E-state index is 0.0667. The molecular weight excluding hydrogens is 200 g/mol. The highest BCUT2D eigenvalue weighted by Crippen LogP contribution is 2.37. The van der Waals surface area contributed by atoms with Gasteiger partial charge in [-0.25, -0.2) is 0 Å². The lowest BCUT2D eigenvalue weighted by atomic mass is 9.90. The Labute approximate surface area is 98.2 Å². The molecular formula is C13H24N2O. The van der Waals surface area contributed by atoms with E-state index in [1.807, 2.05) is 0 Å². The number of nitrogens with zero attached hydrogens (tertiary/aromatic N) is 1. The molecule has 5 atom stereocenters. The number of aliphatic hydroxyl groups excluding tert-OH is 1. The predicted molar refractivity (Wildman–Crippen MR) is 64.3 cm³/mol. The molecule has 3 rings (SSSR count). The van der Waals surface area contributed by atoms with Gasteiger partial charge in [0.2, 0.25) is 0 Å². The fourth-order valence-corrected chi connectivity index (χ4v) is 4.12. The molecule has 3 nitrogen and oxygen atoms in total. The molecule has 2 heterocycles. The van der Waals surface area contributed by atoms with E-state index in [1.165, 1.54) is 38.9 Å². The van der Waals surface area contributed by atoms with Gasteiger partial charge in [-0.05, 0) is 44.7 Å². The third-order valence-electron chi connectivity index (χ3n) is 5.10. The normalized spacial score (nSPS) is 49.5. The van der Waals surface area contributed by atoms with Crippen molar-refractivity contribution in [3.63, 3.8) is 0 Å². The highest BCUT2D eigenvalue weighted by Gasteiger charge is 2.45. The first-order valence-corrected chi connectivity index (χ1v) is 6.92. The molecule has 0 bridgehead atoms. The van der Waals surface area contributed by atoms with E-state index in [9.17, 15) is 5.11 Å². The number of aliphatic hydroxyl groups is 1. The van der Waals surface area contributed by atoms with Crippen molar-refractivity contribution in [1.29, 1.82) is 0 Å². The molecule has 0 spiro atoms. The Hall–Kier alpha value is -0.120. The zero-order valence-electron chi connectivity index (χ0n) is 10.2. The van der Waals surface area contributed by atoms with Gasteiger partial charge >= 0.3 is 0 Å². The molecule has 3 heteroatoms. The average molecular weight is 224 g/mol. The lowest BCUT2D eigenvalue weighted by Gasteiger charge is -2.38. The van der Waals surface area contributed by atoms with Gasteiger partial charge in [0.1, 0.15) is 0 Å². The van der Waals surface area contributed by atoms with Crippen molar-refractivity contribution in [2.75, 3.05) is 19.6 Å². The Bertz CT molecular complexity index is 258. The van der Waals surface area contributed by atoms with Crippen molar-refractivity contribution < 1.29 is 5.11 Å². The van der Waals surface area contributed by atoms with E-state index in [0.717, 1.165) is 18.3 Å². The van der Waals surface area contributed by atoms with Gasteiger partial charge in [-0.3, -0.25) is 4.90 Å². The number of hydrogen-bond donors (Lipinski definition) is 2. The Morgan fingerprint density at radius 2 is 2.00 bits per heavy atom. The second kappa shape index (κ2) is 4.28. The molecule has 1 aliphatic carbocycles. The summed E-state index contributed by atoms with van der Waals surface area (Å²) in [5.74, 6) is 1.67. The quantitative estimate of drug-likeness (QED) is 0.692. The minimum Gasteiger partial charge on any atom is -0.391 e. The second-order valence-electron chi connectivity index (χ2n) is 5.94. The van der Waals surface area contributed by atoms with Crippen LogP contribution in [-0.2, 0) is 0 Å². The Morgan fingerprint density at radius 1 is 1.19 bits per heavy atom. The van der Waals surface area contributed by atoms with Crippen LogP contribution in [0.3, 0.4) is 0 Å². The standard InChI is InChI=1S/C13H24N2O/c1-9-11-7-14-6-10(11)8-15(9)12-4-2-3-5-13(12)16/h9-14,16H,2-8H2,1H3. The molecule has 1 saturated carbocycles. The Balaban J connectivity index is 1.70. The van der Waals surface area contributed by atoms with E-state index in [-0.39, 0.29) is 6.10 Å². The highest BCUT2D eigenvalue weighted by molar-refractivity contribution is 5.00. The maximum atomic E-state index is 10.2. The monoisotopic (exact) mass is 224 g/mol. The second-order valence-corrected chi connectivity index (χ2v) is 5.94. The number of nitrogens with one attached hydrogen (secondary N) is 1. The number of rotatable bonds is 1. The van der Waals surface area contributed by atoms with E-state index in [4.69, 9.17) is 0 Å². The van der Waals surface area contributed by atoms with Crippen LogP contribution in [0.4, 0.5) is 0 Å². The van der Waals surface area contributed by atoms with Gasteiger partial charge in [0.15, 0.2) is 0 Å². The highest BCUT2D eigenvalue weighted by atomic mass is 16.3. The lowest BCUT2D eigenvalue weighted by Crippen LogP contribution is -2.48. The summed E-state index contributed by atoms with van der Waals surface area (Å²) < 4.78 is 0. The van der Waals surface area contributed by atoms with Crippen molar-refractivity contribution in [3.8, 4) is 0 Å². The molecule has 2 aliphatic heterocycles. The van der Waals surface area contributed by atoms with Gasteiger partial charge in [-0.15, -0.1) is 0 Å². The molecule has 2 N–H and O–H groups in total. The number of likely N-dealkylation sites (tertiary alicyclic amines) is 1. The van der Waals surface area contributed by atoms with Crippen molar-refractivity contribution in [1.82, 2.24) is 10.2 Å². The van der Waals surface area contributed by atoms with Gasteiger partial charge in [-0.2, -0.15) is 0 Å². The van der Waals surface area contributed by atoms with Crippen molar-refractivity contribution >= 4 is 0 Å². The molecule has 0 aromatic carbocycles. The summed E-state index contributed by atoms with van der Waals surface area (Å²) in [6.45, 7) is 5.94. The molecule has 3 aliphatic rings. The molecule has 0 radical (unpaired) electrons. The van der Waals surface area contributed by atoms with Crippen LogP contribution in [0.5, 0.6) is 0 Å². The molecule has 3 fully saturated rings. The van der Waals surface area contributed by atoms with E-state index in [2.05, 4.69) is 17.1 Å². The van der Waals surface area contributed by atoms with E-state index in [1.54, 1.807) is 0 Å². The van der Waals surface area contributed by atoms with Gasteiger partial charge in [-0.1, -0.05) is 12.8 Å². The van der Waals surface area contributed by atoms with Crippen LogP contribution in [0, 0.1) is 11.8 Å². The Morgan fingerprint density at radius 3 is 2.75 bits per heavy atom. The molecule has 16 heavy (non-hydrogen) atoms. The summed E-state index contributed by atoms with van der Waals surface area (Å²) in [6, 6.07) is 1.12. The number of fused-ring (bicyclic) bond motifs is 1. The topological polar surface area (TPSA) is 35.5 Å². The largest absolute Gasteiger partial charge is 0.391 e. The molecule has 0 aromatic rings.